The summed E-state index contributed by atoms with van der Waals surface area (Å²) in [4.78, 5) is 4.64. The smallest absolute Gasteiger partial charge is 0.161 e. The Kier molecular flexibility index (Phi) is 6.59. The number of aromatic nitrogens is 3. The lowest BCUT2D eigenvalue weighted by Crippen LogP contribution is -2.33. The van der Waals surface area contributed by atoms with Crippen LogP contribution >= 0.6 is 15.9 Å². The number of hydrogen-bond acceptors (Lipinski definition) is 7. The minimum atomic E-state index is -0.101. The number of methoxy groups -OCH3 is 1. The standard InChI is InChI=1S/C23H26BrN3O5/c1-28-20-10-15(5-6-19(20)32-14-17-13-29-8-9-30-17)22-18-11-16(24)12-25-23(18)27(26-22)21-4-2-3-7-31-21/h5-6,10-12,17,21H,2-4,7-9,13-14H2,1H3/t17-,21?/m1/s1. The second kappa shape index (κ2) is 9.74. The van der Waals surface area contributed by atoms with Crippen molar-refractivity contribution in [2.45, 2.75) is 31.6 Å². The molecule has 0 aliphatic carbocycles. The number of pyridine rings is 1. The van der Waals surface area contributed by atoms with Crippen LogP contribution < -0.4 is 9.47 Å². The molecule has 8 nitrogen and oxygen atoms in total. The van der Waals surface area contributed by atoms with Crippen LogP contribution in [0.1, 0.15) is 25.5 Å². The zero-order chi connectivity index (χ0) is 21.9. The molecule has 0 saturated carbocycles. The maximum Gasteiger partial charge on any atom is 0.161 e. The van der Waals surface area contributed by atoms with Gasteiger partial charge in [-0.05, 0) is 59.5 Å². The van der Waals surface area contributed by atoms with Crippen LogP contribution in [0.25, 0.3) is 22.3 Å². The number of rotatable bonds is 6. The van der Waals surface area contributed by atoms with Crippen molar-refractivity contribution in [2.75, 3.05) is 40.1 Å². The average Bonchev–Trinajstić information content (AvgIpc) is 3.22. The van der Waals surface area contributed by atoms with Gasteiger partial charge in [-0.1, -0.05) is 0 Å². The first-order valence-electron chi connectivity index (χ1n) is 10.9. The maximum absolute atomic E-state index is 5.99. The van der Waals surface area contributed by atoms with E-state index in [0.29, 0.717) is 37.9 Å². The molecule has 9 heteroatoms. The first-order valence-corrected chi connectivity index (χ1v) is 11.7. The Bertz CT molecular complexity index is 1080. The van der Waals surface area contributed by atoms with Gasteiger partial charge in [0.1, 0.15) is 18.4 Å². The van der Waals surface area contributed by atoms with E-state index in [0.717, 1.165) is 52.6 Å². The second-order valence-electron chi connectivity index (χ2n) is 7.88. The third kappa shape index (κ3) is 4.47. The summed E-state index contributed by atoms with van der Waals surface area (Å²) < 4.78 is 31.5. The van der Waals surface area contributed by atoms with E-state index in [9.17, 15) is 0 Å². The van der Waals surface area contributed by atoms with Gasteiger partial charge in [-0.2, -0.15) is 5.10 Å². The molecule has 4 heterocycles. The molecule has 2 saturated heterocycles. The summed E-state index contributed by atoms with van der Waals surface area (Å²) in [5.41, 5.74) is 2.56. The zero-order valence-electron chi connectivity index (χ0n) is 18.0. The number of nitrogens with zero attached hydrogens (tertiary/aromatic N) is 3. The Morgan fingerprint density at radius 1 is 1.12 bits per heavy atom. The second-order valence-corrected chi connectivity index (χ2v) is 8.80. The Labute approximate surface area is 194 Å². The van der Waals surface area contributed by atoms with E-state index < -0.39 is 0 Å². The highest BCUT2D eigenvalue weighted by Gasteiger charge is 2.23. The molecule has 3 aromatic rings. The lowest BCUT2D eigenvalue weighted by atomic mass is 10.1. The topological polar surface area (TPSA) is 76.9 Å². The minimum Gasteiger partial charge on any atom is -0.493 e. The van der Waals surface area contributed by atoms with Gasteiger partial charge in [0.2, 0.25) is 0 Å². The van der Waals surface area contributed by atoms with Gasteiger partial charge in [-0.3, -0.25) is 0 Å². The molecule has 32 heavy (non-hydrogen) atoms. The van der Waals surface area contributed by atoms with Gasteiger partial charge in [0, 0.05) is 28.2 Å². The summed E-state index contributed by atoms with van der Waals surface area (Å²) in [6.07, 6.45) is 4.74. The molecular weight excluding hydrogens is 478 g/mol. The van der Waals surface area contributed by atoms with Gasteiger partial charge in [-0.25, -0.2) is 9.67 Å². The molecule has 0 amide bonds. The molecule has 0 radical (unpaired) electrons. The van der Waals surface area contributed by atoms with Gasteiger partial charge in [0.15, 0.2) is 23.4 Å². The highest BCUT2D eigenvalue weighted by molar-refractivity contribution is 9.10. The fourth-order valence-corrected chi connectivity index (χ4v) is 4.41. The average molecular weight is 504 g/mol. The summed E-state index contributed by atoms with van der Waals surface area (Å²) in [6, 6.07) is 7.89. The maximum atomic E-state index is 5.99. The van der Waals surface area contributed by atoms with Gasteiger partial charge in [0.05, 0.1) is 26.9 Å². The molecule has 5 rings (SSSR count). The Morgan fingerprint density at radius 3 is 2.84 bits per heavy atom. The third-order valence-corrected chi connectivity index (χ3v) is 6.12. The summed E-state index contributed by atoms with van der Waals surface area (Å²) in [6.45, 7) is 2.91. The van der Waals surface area contributed by atoms with Crippen LogP contribution in [-0.4, -0.2) is 61.0 Å². The fourth-order valence-electron chi connectivity index (χ4n) is 4.08. The van der Waals surface area contributed by atoms with Crippen molar-refractivity contribution < 1.29 is 23.7 Å². The number of halogens is 1. The van der Waals surface area contributed by atoms with Crippen LogP contribution in [0.5, 0.6) is 11.5 Å². The predicted molar refractivity (Wildman–Crippen MR) is 122 cm³/mol. The van der Waals surface area contributed by atoms with Crippen LogP contribution in [-0.2, 0) is 14.2 Å². The van der Waals surface area contributed by atoms with Gasteiger partial charge < -0.3 is 23.7 Å². The summed E-state index contributed by atoms with van der Waals surface area (Å²) in [5.74, 6) is 1.29. The van der Waals surface area contributed by atoms with Crippen LogP contribution in [0.3, 0.4) is 0 Å². The molecule has 2 aromatic heterocycles. The molecule has 2 aliphatic rings. The Morgan fingerprint density at radius 2 is 2.06 bits per heavy atom. The van der Waals surface area contributed by atoms with Crippen molar-refractivity contribution in [1.29, 1.82) is 0 Å². The van der Waals surface area contributed by atoms with E-state index in [1.807, 2.05) is 28.9 Å². The molecule has 0 spiro atoms. The third-order valence-electron chi connectivity index (χ3n) is 5.69. The van der Waals surface area contributed by atoms with Crippen molar-refractivity contribution in [1.82, 2.24) is 14.8 Å². The summed E-state index contributed by atoms with van der Waals surface area (Å²) in [5, 5.41) is 5.88. The molecule has 1 unspecified atom stereocenters. The van der Waals surface area contributed by atoms with Gasteiger partial charge in [-0.15, -0.1) is 0 Å². The van der Waals surface area contributed by atoms with Gasteiger partial charge in [0.25, 0.3) is 0 Å². The number of ether oxygens (including phenoxy) is 5. The molecule has 1 aromatic carbocycles. The number of hydrogen-bond donors (Lipinski definition) is 0. The highest BCUT2D eigenvalue weighted by atomic mass is 79.9. The first kappa shape index (κ1) is 21.6. The van der Waals surface area contributed by atoms with Crippen LogP contribution in [0, 0.1) is 0 Å². The molecule has 2 atom stereocenters. The lowest BCUT2D eigenvalue weighted by Gasteiger charge is -2.23. The Balaban J connectivity index is 1.47. The SMILES string of the molecule is COc1cc(-c2nn(C3CCCCO3)c3ncc(Br)cc23)ccc1OC[C@H]1COCCO1. The Hall–Kier alpha value is -2.20. The van der Waals surface area contributed by atoms with Crippen molar-refractivity contribution in [2.24, 2.45) is 0 Å². The lowest BCUT2D eigenvalue weighted by molar-refractivity contribution is -0.101. The van der Waals surface area contributed by atoms with E-state index in [1.165, 1.54) is 0 Å². The summed E-state index contributed by atoms with van der Waals surface area (Å²) >= 11 is 3.54. The molecule has 2 fully saturated rings. The zero-order valence-corrected chi connectivity index (χ0v) is 19.5. The van der Waals surface area contributed by atoms with E-state index in [1.54, 1.807) is 13.3 Å². The van der Waals surface area contributed by atoms with E-state index in [-0.39, 0.29) is 12.3 Å². The van der Waals surface area contributed by atoms with Crippen molar-refractivity contribution in [3.8, 4) is 22.8 Å². The molecule has 0 N–H and O–H groups in total. The van der Waals surface area contributed by atoms with Crippen LogP contribution in [0.15, 0.2) is 34.9 Å². The number of fused-ring (bicyclic) bond motifs is 1. The normalized spacial score (nSPS) is 21.6. The van der Waals surface area contributed by atoms with E-state index in [2.05, 4.69) is 20.9 Å². The van der Waals surface area contributed by atoms with E-state index in [4.69, 9.17) is 28.8 Å². The quantitative estimate of drug-likeness (QED) is 0.494. The molecule has 2 aliphatic heterocycles. The monoisotopic (exact) mass is 503 g/mol. The molecular formula is C23H26BrN3O5. The van der Waals surface area contributed by atoms with Crippen LogP contribution in [0.2, 0.25) is 0 Å². The fraction of sp³-hybridized carbons (Fsp3) is 0.478. The van der Waals surface area contributed by atoms with Crippen molar-refractivity contribution >= 4 is 27.0 Å². The van der Waals surface area contributed by atoms with E-state index >= 15 is 0 Å². The van der Waals surface area contributed by atoms with Gasteiger partial charge >= 0.3 is 0 Å². The van der Waals surface area contributed by atoms with Crippen LogP contribution in [0.4, 0.5) is 0 Å². The minimum absolute atomic E-state index is 0.0771. The van der Waals surface area contributed by atoms with Crippen molar-refractivity contribution in [3.05, 3.63) is 34.9 Å². The first-order chi connectivity index (χ1) is 15.7. The van der Waals surface area contributed by atoms with Crippen molar-refractivity contribution in [3.63, 3.8) is 0 Å². The summed E-state index contributed by atoms with van der Waals surface area (Å²) in [7, 11) is 1.64. The predicted octanol–water partition coefficient (Wildman–Crippen LogP) is 4.36. The highest BCUT2D eigenvalue weighted by Crippen LogP contribution is 2.37. The molecule has 0 bridgehead atoms. The number of benzene rings is 1. The largest absolute Gasteiger partial charge is 0.493 e. The molecule has 170 valence electrons.